The highest BCUT2D eigenvalue weighted by Crippen LogP contribution is 2.36. The van der Waals surface area contributed by atoms with E-state index >= 15 is 0 Å². The molecule has 1 aliphatic carbocycles. The van der Waals surface area contributed by atoms with Crippen LogP contribution in [0, 0.1) is 0 Å². The molecule has 3 aromatic rings. The molecule has 2 aromatic carbocycles. The lowest BCUT2D eigenvalue weighted by Crippen LogP contribution is -2.18. The zero-order valence-corrected chi connectivity index (χ0v) is 15.6. The van der Waals surface area contributed by atoms with E-state index in [9.17, 15) is 4.79 Å². The van der Waals surface area contributed by atoms with Gasteiger partial charge in [0.05, 0.1) is 30.8 Å². The minimum atomic E-state index is -0.264. The van der Waals surface area contributed by atoms with Gasteiger partial charge in [0, 0.05) is 6.04 Å². The van der Waals surface area contributed by atoms with Gasteiger partial charge in [0.1, 0.15) is 0 Å². The lowest BCUT2D eigenvalue weighted by Gasteiger charge is -2.17. The number of ether oxygens (including phenoxy) is 2. The van der Waals surface area contributed by atoms with Crippen LogP contribution in [0.5, 0.6) is 11.5 Å². The Kier molecular flexibility index (Phi) is 4.71. The quantitative estimate of drug-likeness (QED) is 0.727. The Morgan fingerprint density at radius 2 is 1.85 bits per heavy atom. The van der Waals surface area contributed by atoms with E-state index in [4.69, 9.17) is 9.47 Å². The van der Waals surface area contributed by atoms with Crippen molar-refractivity contribution in [3.8, 4) is 11.5 Å². The van der Waals surface area contributed by atoms with Crippen LogP contribution in [0.4, 0.5) is 5.95 Å². The molecule has 0 bridgehead atoms. The third kappa shape index (κ3) is 3.12. The topological polar surface area (TPSA) is 65.4 Å². The third-order valence-electron chi connectivity index (χ3n) is 5.16. The number of hydrogen-bond donors (Lipinski definition) is 1. The Hall–Kier alpha value is -3.02. The standard InChI is InChI=1S/C21H23N3O3/c1-26-18-13-7-10-15(19(18)27-2)20(25)23-21-22-16-11-5-6-12-17(16)24(21)14-8-3-4-9-14/h5-7,10-14H,3-4,8-9H2,1-2H3,(H,22,23,25). The average molecular weight is 365 g/mol. The van der Waals surface area contributed by atoms with Gasteiger partial charge in [-0.15, -0.1) is 0 Å². The van der Waals surface area contributed by atoms with Crippen molar-refractivity contribution < 1.29 is 14.3 Å². The normalized spacial score (nSPS) is 14.4. The van der Waals surface area contributed by atoms with E-state index < -0.39 is 0 Å². The van der Waals surface area contributed by atoms with E-state index in [-0.39, 0.29) is 5.91 Å². The Labute approximate surface area is 158 Å². The molecule has 4 rings (SSSR count). The number of anilines is 1. The molecule has 0 atom stereocenters. The van der Waals surface area contributed by atoms with E-state index in [1.165, 1.54) is 20.0 Å². The van der Waals surface area contributed by atoms with Gasteiger partial charge >= 0.3 is 0 Å². The minimum Gasteiger partial charge on any atom is -0.493 e. The number of aromatic nitrogens is 2. The molecule has 1 heterocycles. The average Bonchev–Trinajstić information content (AvgIpc) is 3.34. The first-order chi connectivity index (χ1) is 13.2. The number of benzene rings is 2. The van der Waals surface area contributed by atoms with Gasteiger partial charge in [0.2, 0.25) is 5.95 Å². The molecule has 1 amide bonds. The molecule has 0 radical (unpaired) electrons. The van der Waals surface area contributed by atoms with E-state index in [2.05, 4.69) is 20.9 Å². The fraction of sp³-hybridized carbons (Fsp3) is 0.333. The van der Waals surface area contributed by atoms with Gasteiger partial charge in [0.15, 0.2) is 11.5 Å². The van der Waals surface area contributed by atoms with Crippen LogP contribution in [0.2, 0.25) is 0 Å². The van der Waals surface area contributed by atoms with Crippen LogP contribution in [0.3, 0.4) is 0 Å². The van der Waals surface area contributed by atoms with Crippen molar-refractivity contribution in [3.63, 3.8) is 0 Å². The Balaban J connectivity index is 1.74. The molecule has 6 heteroatoms. The molecule has 0 saturated heterocycles. The number of fused-ring (bicyclic) bond motifs is 1. The predicted octanol–water partition coefficient (Wildman–Crippen LogP) is 4.42. The summed E-state index contributed by atoms with van der Waals surface area (Å²) in [5.41, 5.74) is 2.36. The fourth-order valence-corrected chi connectivity index (χ4v) is 3.90. The number of amides is 1. The molecule has 6 nitrogen and oxygen atoms in total. The molecule has 27 heavy (non-hydrogen) atoms. The van der Waals surface area contributed by atoms with E-state index in [0.717, 1.165) is 23.9 Å². The maximum Gasteiger partial charge on any atom is 0.261 e. The summed E-state index contributed by atoms with van der Waals surface area (Å²) in [6, 6.07) is 13.6. The molecule has 1 N–H and O–H groups in total. The van der Waals surface area contributed by atoms with E-state index in [1.54, 1.807) is 25.3 Å². The summed E-state index contributed by atoms with van der Waals surface area (Å²) in [5, 5.41) is 3.00. The van der Waals surface area contributed by atoms with Crippen LogP contribution in [0.15, 0.2) is 42.5 Å². The zero-order chi connectivity index (χ0) is 18.8. The van der Waals surface area contributed by atoms with Crippen molar-refractivity contribution in [3.05, 3.63) is 48.0 Å². The first kappa shape index (κ1) is 17.4. The lowest BCUT2D eigenvalue weighted by molar-refractivity contribution is 0.102. The summed E-state index contributed by atoms with van der Waals surface area (Å²) in [4.78, 5) is 17.7. The third-order valence-corrected chi connectivity index (χ3v) is 5.16. The van der Waals surface area contributed by atoms with Gasteiger partial charge < -0.3 is 14.0 Å². The number of methoxy groups -OCH3 is 2. The Bertz CT molecular complexity index is 974. The summed E-state index contributed by atoms with van der Waals surface area (Å²) in [5.74, 6) is 1.26. The number of hydrogen-bond acceptors (Lipinski definition) is 4. The zero-order valence-electron chi connectivity index (χ0n) is 15.6. The van der Waals surface area contributed by atoms with E-state index in [0.29, 0.717) is 29.1 Å². The number of carbonyl (C=O) groups is 1. The van der Waals surface area contributed by atoms with Gasteiger partial charge in [-0.05, 0) is 37.1 Å². The Morgan fingerprint density at radius 1 is 1.07 bits per heavy atom. The molecule has 1 fully saturated rings. The van der Waals surface area contributed by atoms with Gasteiger partial charge in [-0.2, -0.15) is 0 Å². The number of rotatable bonds is 5. The van der Waals surface area contributed by atoms with Gasteiger partial charge in [0.25, 0.3) is 5.91 Å². The van der Waals surface area contributed by atoms with Crippen LogP contribution in [0.25, 0.3) is 11.0 Å². The van der Waals surface area contributed by atoms with Crippen LogP contribution in [-0.2, 0) is 0 Å². The van der Waals surface area contributed by atoms with Crippen LogP contribution in [0.1, 0.15) is 42.1 Å². The highest BCUT2D eigenvalue weighted by molar-refractivity contribution is 6.06. The highest BCUT2D eigenvalue weighted by atomic mass is 16.5. The number of imidazole rings is 1. The summed E-state index contributed by atoms with van der Waals surface area (Å²) in [7, 11) is 3.08. The van der Waals surface area contributed by atoms with Crippen molar-refractivity contribution in [1.82, 2.24) is 9.55 Å². The molecular weight excluding hydrogens is 342 g/mol. The molecular formula is C21H23N3O3. The monoisotopic (exact) mass is 365 g/mol. The fourth-order valence-electron chi connectivity index (χ4n) is 3.90. The second-order valence-corrected chi connectivity index (χ2v) is 6.73. The van der Waals surface area contributed by atoms with Crippen molar-refractivity contribution in [2.45, 2.75) is 31.7 Å². The molecule has 0 unspecified atom stereocenters. The molecule has 1 aliphatic rings. The van der Waals surface area contributed by atoms with Crippen molar-refractivity contribution in [2.24, 2.45) is 0 Å². The van der Waals surface area contributed by atoms with Crippen molar-refractivity contribution >= 4 is 22.9 Å². The number of nitrogens with one attached hydrogen (secondary N) is 1. The lowest BCUT2D eigenvalue weighted by atomic mass is 10.1. The van der Waals surface area contributed by atoms with Crippen LogP contribution < -0.4 is 14.8 Å². The van der Waals surface area contributed by atoms with Crippen molar-refractivity contribution in [1.29, 1.82) is 0 Å². The minimum absolute atomic E-state index is 0.264. The Morgan fingerprint density at radius 3 is 2.59 bits per heavy atom. The number of carbonyl (C=O) groups excluding carboxylic acids is 1. The smallest absolute Gasteiger partial charge is 0.261 e. The first-order valence-corrected chi connectivity index (χ1v) is 9.22. The predicted molar refractivity (Wildman–Crippen MR) is 105 cm³/mol. The second kappa shape index (κ2) is 7.31. The molecule has 1 aromatic heterocycles. The van der Waals surface area contributed by atoms with Crippen molar-refractivity contribution in [2.75, 3.05) is 19.5 Å². The summed E-state index contributed by atoms with van der Waals surface area (Å²) >= 11 is 0. The first-order valence-electron chi connectivity index (χ1n) is 9.22. The largest absolute Gasteiger partial charge is 0.493 e. The number of nitrogens with zero attached hydrogens (tertiary/aromatic N) is 2. The van der Waals surface area contributed by atoms with Crippen LogP contribution >= 0.6 is 0 Å². The SMILES string of the molecule is COc1cccc(C(=O)Nc2nc3ccccc3n2C2CCCC2)c1OC. The maximum atomic E-state index is 13.0. The maximum absolute atomic E-state index is 13.0. The molecule has 0 aliphatic heterocycles. The second-order valence-electron chi connectivity index (χ2n) is 6.73. The summed E-state index contributed by atoms with van der Waals surface area (Å²) in [6.07, 6.45) is 4.61. The number of para-hydroxylation sites is 3. The highest BCUT2D eigenvalue weighted by Gasteiger charge is 2.25. The van der Waals surface area contributed by atoms with Gasteiger partial charge in [-0.1, -0.05) is 31.0 Å². The van der Waals surface area contributed by atoms with Gasteiger partial charge in [-0.25, -0.2) is 4.98 Å². The van der Waals surface area contributed by atoms with Crippen LogP contribution in [-0.4, -0.2) is 29.7 Å². The van der Waals surface area contributed by atoms with Gasteiger partial charge in [-0.3, -0.25) is 10.1 Å². The summed E-state index contributed by atoms with van der Waals surface area (Å²) in [6.45, 7) is 0. The summed E-state index contributed by atoms with van der Waals surface area (Å²) < 4.78 is 12.9. The van der Waals surface area contributed by atoms with E-state index in [1.807, 2.05) is 18.2 Å². The molecule has 0 spiro atoms. The molecule has 140 valence electrons. The molecule has 1 saturated carbocycles.